The molecular weight excluding hydrogens is 232 g/mol. The Labute approximate surface area is 96.8 Å². The van der Waals surface area contributed by atoms with Crippen LogP contribution in [-0.4, -0.2) is 24.5 Å². The maximum Gasteiger partial charge on any atom is 0.306 e. The van der Waals surface area contributed by atoms with Gasteiger partial charge in [0, 0.05) is 23.2 Å². The molecule has 1 spiro atoms. The summed E-state index contributed by atoms with van der Waals surface area (Å²) in [7, 11) is 0. The standard InChI is InChI=1S/C10H13F2N3O2/c11-10(12)3-1-9(2-4-10)5-8(16)17-7(9)6-14-15-13/h7H,1-6H2. The Kier molecular flexibility index (Phi) is 2.95. The third kappa shape index (κ3) is 2.34. The van der Waals surface area contributed by atoms with E-state index in [0.29, 0.717) is 0 Å². The molecule has 0 aromatic heterocycles. The van der Waals surface area contributed by atoms with E-state index in [1.165, 1.54) is 0 Å². The lowest BCUT2D eigenvalue weighted by Crippen LogP contribution is -2.40. The molecule has 1 aliphatic carbocycles. The van der Waals surface area contributed by atoms with Gasteiger partial charge < -0.3 is 4.74 Å². The Balaban J connectivity index is 2.12. The highest BCUT2D eigenvalue weighted by molar-refractivity contribution is 5.73. The molecule has 1 aliphatic heterocycles. The average molecular weight is 245 g/mol. The lowest BCUT2D eigenvalue weighted by atomic mass is 9.68. The van der Waals surface area contributed by atoms with Crippen LogP contribution in [0.4, 0.5) is 8.78 Å². The smallest absolute Gasteiger partial charge is 0.306 e. The first-order valence-corrected chi connectivity index (χ1v) is 5.56. The number of hydrogen-bond acceptors (Lipinski definition) is 3. The van der Waals surface area contributed by atoms with Crippen LogP contribution >= 0.6 is 0 Å². The lowest BCUT2D eigenvalue weighted by Gasteiger charge is -2.38. The maximum absolute atomic E-state index is 13.1. The number of esters is 1. The molecule has 1 saturated carbocycles. The number of azide groups is 1. The van der Waals surface area contributed by atoms with Crippen LogP contribution in [0.5, 0.6) is 0 Å². The summed E-state index contributed by atoms with van der Waals surface area (Å²) in [5, 5.41) is 3.39. The summed E-state index contributed by atoms with van der Waals surface area (Å²) in [5.41, 5.74) is 7.71. The second-order valence-corrected chi connectivity index (χ2v) is 4.79. The molecule has 2 aliphatic rings. The minimum absolute atomic E-state index is 0.0355. The van der Waals surface area contributed by atoms with E-state index < -0.39 is 17.4 Å². The summed E-state index contributed by atoms with van der Waals surface area (Å²) in [6.07, 6.45) is -0.335. The van der Waals surface area contributed by atoms with Gasteiger partial charge in [-0.15, -0.1) is 0 Å². The van der Waals surface area contributed by atoms with Crippen molar-refractivity contribution in [3.8, 4) is 0 Å². The first-order valence-electron chi connectivity index (χ1n) is 5.56. The van der Waals surface area contributed by atoms with Crippen LogP contribution in [0, 0.1) is 5.41 Å². The Morgan fingerprint density at radius 2 is 2.06 bits per heavy atom. The van der Waals surface area contributed by atoms with Gasteiger partial charge in [0.1, 0.15) is 6.10 Å². The van der Waals surface area contributed by atoms with Gasteiger partial charge in [0.05, 0.1) is 13.0 Å². The monoisotopic (exact) mass is 245 g/mol. The minimum atomic E-state index is -2.64. The lowest BCUT2D eigenvalue weighted by molar-refractivity contribution is -0.141. The van der Waals surface area contributed by atoms with Gasteiger partial charge >= 0.3 is 5.97 Å². The summed E-state index contributed by atoms with van der Waals surface area (Å²) in [6, 6.07) is 0. The van der Waals surface area contributed by atoms with Crippen molar-refractivity contribution in [2.24, 2.45) is 10.5 Å². The van der Waals surface area contributed by atoms with E-state index in [4.69, 9.17) is 10.3 Å². The number of ether oxygens (including phenoxy) is 1. The second-order valence-electron chi connectivity index (χ2n) is 4.79. The predicted octanol–water partition coefficient (Wildman–Crippen LogP) is 2.81. The summed E-state index contributed by atoms with van der Waals surface area (Å²) >= 11 is 0. The molecule has 0 N–H and O–H groups in total. The Bertz CT molecular complexity index is 370. The molecule has 7 heteroatoms. The largest absolute Gasteiger partial charge is 0.462 e. The zero-order valence-electron chi connectivity index (χ0n) is 9.23. The van der Waals surface area contributed by atoms with Gasteiger partial charge in [0.15, 0.2) is 0 Å². The van der Waals surface area contributed by atoms with Crippen molar-refractivity contribution in [3.63, 3.8) is 0 Å². The molecule has 0 aromatic rings. The third-order valence-electron chi connectivity index (χ3n) is 3.74. The predicted molar refractivity (Wildman–Crippen MR) is 54.4 cm³/mol. The molecule has 1 atom stereocenters. The Hall–Kier alpha value is -1.36. The van der Waals surface area contributed by atoms with Crippen LogP contribution in [0.1, 0.15) is 32.1 Å². The zero-order chi connectivity index (χ0) is 12.5. The second kappa shape index (κ2) is 4.14. The molecule has 1 heterocycles. The van der Waals surface area contributed by atoms with Crippen molar-refractivity contribution in [1.29, 1.82) is 0 Å². The van der Waals surface area contributed by atoms with Gasteiger partial charge in [0.25, 0.3) is 0 Å². The van der Waals surface area contributed by atoms with Gasteiger partial charge in [-0.25, -0.2) is 8.78 Å². The summed E-state index contributed by atoms with van der Waals surface area (Å²) in [5.74, 6) is -3.02. The van der Waals surface area contributed by atoms with Crippen LogP contribution in [0.3, 0.4) is 0 Å². The quantitative estimate of drug-likeness (QED) is 0.324. The van der Waals surface area contributed by atoms with E-state index in [0.717, 1.165) is 0 Å². The highest BCUT2D eigenvalue weighted by atomic mass is 19.3. The number of rotatable bonds is 2. The van der Waals surface area contributed by atoms with E-state index in [9.17, 15) is 13.6 Å². The van der Waals surface area contributed by atoms with Crippen molar-refractivity contribution < 1.29 is 18.3 Å². The molecule has 0 radical (unpaired) electrons. The van der Waals surface area contributed by atoms with Crippen LogP contribution < -0.4 is 0 Å². The van der Waals surface area contributed by atoms with E-state index in [1.54, 1.807) is 0 Å². The summed E-state index contributed by atoms with van der Waals surface area (Å²) < 4.78 is 31.3. The van der Waals surface area contributed by atoms with E-state index in [-0.39, 0.29) is 44.6 Å². The summed E-state index contributed by atoms with van der Waals surface area (Å²) in [4.78, 5) is 13.9. The van der Waals surface area contributed by atoms with Gasteiger partial charge in [-0.2, -0.15) is 0 Å². The van der Waals surface area contributed by atoms with Gasteiger partial charge in [-0.05, 0) is 18.4 Å². The number of hydrogen-bond donors (Lipinski definition) is 0. The number of halogens is 2. The van der Waals surface area contributed by atoms with Gasteiger partial charge in [-0.1, -0.05) is 5.11 Å². The van der Waals surface area contributed by atoms with Crippen LogP contribution in [0.2, 0.25) is 0 Å². The molecule has 94 valence electrons. The molecular formula is C10H13F2N3O2. The highest BCUT2D eigenvalue weighted by Crippen LogP contribution is 2.51. The van der Waals surface area contributed by atoms with Crippen molar-refractivity contribution in [3.05, 3.63) is 10.4 Å². The van der Waals surface area contributed by atoms with E-state index in [2.05, 4.69) is 10.0 Å². The van der Waals surface area contributed by atoms with Crippen LogP contribution in [0.15, 0.2) is 5.11 Å². The number of carbonyl (C=O) groups is 1. The molecule has 17 heavy (non-hydrogen) atoms. The van der Waals surface area contributed by atoms with Gasteiger partial charge in [-0.3, -0.25) is 4.79 Å². The maximum atomic E-state index is 13.1. The first-order chi connectivity index (χ1) is 7.97. The molecule has 2 rings (SSSR count). The fourth-order valence-electron chi connectivity index (χ4n) is 2.68. The van der Waals surface area contributed by atoms with Crippen molar-refractivity contribution in [2.45, 2.75) is 44.1 Å². The number of carbonyl (C=O) groups excluding carboxylic acids is 1. The first kappa shape index (κ1) is 12.1. The Morgan fingerprint density at radius 1 is 1.41 bits per heavy atom. The van der Waals surface area contributed by atoms with Crippen molar-refractivity contribution >= 4 is 5.97 Å². The van der Waals surface area contributed by atoms with E-state index in [1.807, 2.05) is 0 Å². The molecule has 0 bridgehead atoms. The molecule has 0 amide bonds. The fraction of sp³-hybridized carbons (Fsp3) is 0.900. The van der Waals surface area contributed by atoms with Gasteiger partial charge in [0.2, 0.25) is 5.92 Å². The molecule has 1 saturated heterocycles. The number of cyclic esters (lactones) is 1. The zero-order valence-corrected chi connectivity index (χ0v) is 9.23. The van der Waals surface area contributed by atoms with E-state index >= 15 is 0 Å². The topological polar surface area (TPSA) is 75.1 Å². The molecule has 2 fully saturated rings. The molecule has 0 aromatic carbocycles. The summed E-state index contributed by atoms with van der Waals surface area (Å²) in [6.45, 7) is 0.0355. The normalized spacial score (nSPS) is 29.8. The van der Waals surface area contributed by atoms with Crippen molar-refractivity contribution in [2.75, 3.05) is 6.54 Å². The number of alkyl halides is 2. The van der Waals surface area contributed by atoms with Crippen LogP contribution in [0.25, 0.3) is 10.4 Å². The minimum Gasteiger partial charge on any atom is -0.462 e. The third-order valence-corrected chi connectivity index (χ3v) is 3.74. The fourth-order valence-corrected chi connectivity index (χ4v) is 2.68. The molecule has 5 nitrogen and oxygen atoms in total. The SMILES string of the molecule is [N-]=[N+]=NCC1OC(=O)CC12CCC(F)(F)CC2. The van der Waals surface area contributed by atoms with Crippen LogP contribution in [-0.2, 0) is 9.53 Å². The Morgan fingerprint density at radius 3 is 2.65 bits per heavy atom. The average Bonchev–Trinajstić information content (AvgIpc) is 2.57. The molecule has 1 unspecified atom stereocenters. The van der Waals surface area contributed by atoms with Crippen molar-refractivity contribution in [1.82, 2.24) is 0 Å². The number of nitrogens with zero attached hydrogens (tertiary/aromatic N) is 3. The highest BCUT2D eigenvalue weighted by Gasteiger charge is 2.53.